The molecule has 0 fully saturated rings. The van der Waals surface area contributed by atoms with Crippen molar-refractivity contribution in [2.75, 3.05) is 39.3 Å². The first kappa shape index (κ1) is 28.0. The van der Waals surface area contributed by atoms with Crippen LogP contribution >= 0.6 is 0 Å². The number of hydrogen-bond acceptors (Lipinski definition) is 8. The van der Waals surface area contributed by atoms with Gasteiger partial charge in [-0.3, -0.25) is 4.79 Å². The zero-order valence-corrected chi connectivity index (χ0v) is 23.5. The van der Waals surface area contributed by atoms with E-state index in [-0.39, 0.29) is 11.7 Å². The number of methoxy groups -OCH3 is 1. The zero-order chi connectivity index (χ0) is 28.2. The summed E-state index contributed by atoms with van der Waals surface area (Å²) in [5.41, 5.74) is 5.81. The normalized spacial score (nSPS) is 11.5. The van der Waals surface area contributed by atoms with Gasteiger partial charge in [-0.25, -0.2) is 8.42 Å². The molecule has 1 aromatic heterocycles. The number of aromatic nitrogens is 2. The molecule has 1 N–H and O–H groups in total. The number of hydrogen-bond donors (Lipinski definition) is 1. The van der Waals surface area contributed by atoms with Gasteiger partial charge in [0.15, 0.2) is 0 Å². The molecule has 0 radical (unpaired) electrons. The Bertz CT molecular complexity index is 1580. The lowest BCUT2D eigenvalue weighted by Gasteiger charge is -2.14. The van der Waals surface area contributed by atoms with Gasteiger partial charge in [0.25, 0.3) is 5.91 Å². The third-order valence-electron chi connectivity index (χ3n) is 6.26. The Balaban J connectivity index is 1.47. The maximum Gasteiger partial charge on any atom is 0.343 e. The second-order valence-corrected chi connectivity index (χ2v) is 11.5. The SMILES string of the molecule is COc1ccc(NC(=O)c2ccc(-c3ccc(-c4noc(S(C)(=O)=O)n4)cc3C)cc2)cc1CCCN(C)C. The number of anilines is 1. The third-order valence-corrected chi connectivity index (χ3v) is 7.06. The van der Waals surface area contributed by atoms with E-state index >= 15 is 0 Å². The smallest absolute Gasteiger partial charge is 0.343 e. The number of aryl methyl sites for hydroxylation is 2. The third kappa shape index (κ3) is 6.90. The lowest BCUT2D eigenvalue weighted by Crippen LogP contribution is -2.14. The van der Waals surface area contributed by atoms with Crippen molar-refractivity contribution < 1.29 is 22.5 Å². The van der Waals surface area contributed by atoms with E-state index < -0.39 is 15.1 Å². The molecule has 0 aliphatic heterocycles. The average molecular weight is 549 g/mol. The van der Waals surface area contributed by atoms with E-state index in [2.05, 4.69) is 20.4 Å². The van der Waals surface area contributed by atoms with Gasteiger partial charge in [0.05, 0.1) is 7.11 Å². The van der Waals surface area contributed by atoms with Crippen LogP contribution in [0.4, 0.5) is 5.69 Å². The summed E-state index contributed by atoms with van der Waals surface area (Å²) < 4.78 is 33.6. The van der Waals surface area contributed by atoms with Gasteiger partial charge in [-0.05, 0) is 99.1 Å². The Morgan fingerprint density at radius 2 is 1.74 bits per heavy atom. The fourth-order valence-corrected chi connectivity index (χ4v) is 4.67. The monoisotopic (exact) mass is 548 g/mol. The fourth-order valence-electron chi connectivity index (χ4n) is 4.25. The fraction of sp³-hybridized carbons (Fsp3) is 0.276. The van der Waals surface area contributed by atoms with Crippen molar-refractivity contribution in [1.29, 1.82) is 0 Å². The number of rotatable bonds is 10. The number of sulfone groups is 1. The van der Waals surface area contributed by atoms with Crippen LogP contribution in [-0.4, -0.2) is 63.4 Å². The van der Waals surface area contributed by atoms with Crippen LogP contribution < -0.4 is 10.1 Å². The van der Waals surface area contributed by atoms with Crippen LogP contribution in [0.15, 0.2) is 70.4 Å². The lowest BCUT2D eigenvalue weighted by atomic mass is 9.97. The Labute approximate surface area is 228 Å². The second kappa shape index (κ2) is 11.8. The molecule has 4 aromatic rings. The van der Waals surface area contributed by atoms with Crippen molar-refractivity contribution in [1.82, 2.24) is 15.0 Å². The first-order valence-corrected chi connectivity index (χ1v) is 14.3. The van der Waals surface area contributed by atoms with E-state index in [1.54, 1.807) is 25.3 Å². The van der Waals surface area contributed by atoms with Gasteiger partial charge in [0, 0.05) is 23.1 Å². The van der Waals surface area contributed by atoms with E-state index in [1.165, 1.54) is 0 Å². The molecule has 0 atom stereocenters. The minimum absolute atomic E-state index is 0.197. The second-order valence-electron chi connectivity index (χ2n) is 9.65. The Kier molecular flexibility index (Phi) is 8.47. The van der Waals surface area contributed by atoms with Crippen LogP contribution in [0, 0.1) is 6.92 Å². The minimum Gasteiger partial charge on any atom is -0.496 e. The highest BCUT2D eigenvalue weighted by Crippen LogP contribution is 2.29. The maximum atomic E-state index is 13.0. The summed E-state index contributed by atoms with van der Waals surface area (Å²) in [5, 5.41) is 6.35. The lowest BCUT2D eigenvalue weighted by molar-refractivity contribution is 0.102. The molecule has 3 aromatic carbocycles. The van der Waals surface area contributed by atoms with E-state index in [0.717, 1.165) is 59.3 Å². The first-order valence-electron chi connectivity index (χ1n) is 12.4. The molecule has 0 bridgehead atoms. The summed E-state index contributed by atoms with van der Waals surface area (Å²) in [7, 11) is 2.17. The summed E-state index contributed by atoms with van der Waals surface area (Å²) in [4.78, 5) is 19.1. The summed E-state index contributed by atoms with van der Waals surface area (Å²) >= 11 is 0. The van der Waals surface area contributed by atoms with Gasteiger partial charge in [0.2, 0.25) is 15.7 Å². The highest BCUT2D eigenvalue weighted by molar-refractivity contribution is 7.90. The van der Waals surface area contributed by atoms with Gasteiger partial charge < -0.3 is 19.5 Å². The maximum absolute atomic E-state index is 13.0. The largest absolute Gasteiger partial charge is 0.496 e. The van der Waals surface area contributed by atoms with Crippen molar-refractivity contribution in [2.45, 2.75) is 25.0 Å². The van der Waals surface area contributed by atoms with Gasteiger partial charge in [0.1, 0.15) is 5.75 Å². The van der Waals surface area contributed by atoms with E-state index in [1.807, 2.05) is 63.5 Å². The highest BCUT2D eigenvalue weighted by atomic mass is 32.2. The van der Waals surface area contributed by atoms with Crippen molar-refractivity contribution in [3.63, 3.8) is 0 Å². The molecule has 4 rings (SSSR count). The molecule has 10 heteroatoms. The summed E-state index contributed by atoms with van der Waals surface area (Å²) in [6.45, 7) is 2.91. The number of carbonyl (C=O) groups excluding carboxylic acids is 1. The Morgan fingerprint density at radius 1 is 1.03 bits per heavy atom. The van der Waals surface area contributed by atoms with E-state index in [4.69, 9.17) is 9.26 Å². The van der Waals surface area contributed by atoms with E-state index in [0.29, 0.717) is 11.1 Å². The van der Waals surface area contributed by atoms with Crippen LogP contribution in [-0.2, 0) is 16.3 Å². The molecule has 1 amide bonds. The van der Waals surface area contributed by atoms with Gasteiger partial charge in [-0.2, -0.15) is 4.98 Å². The van der Waals surface area contributed by atoms with Crippen molar-refractivity contribution in [2.24, 2.45) is 0 Å². The molecule has 1 heterocycles. The van der Waals surface area contributed by atoms with Crippen LogP contribution in [0.25, 0.3) is 22.5 Å². The number of nitrogens with one attached hydrogen (secondary N) is 1. The first-order chi connectivity index (χ1) is 18.5. The molecule has 0 saturated heterocycles. The molecule has 39 heavy (non-hydrogen) atoms. The van der Waals surface area contributed by atoms with Gasteiger partial charge in [-0.15, -0.1) is 0 Å². The van der Waals surface area contributed by atoms with Crippen molar-refractivity contribution >= 4 is 21.4 Å². The highest BCUT2D eigenvalue weighted by Gasteiger charge is 2.18. The van der Waals surface area contributed by atoms with Crippen LogP contribution in [0.2, 0.25) is 0 Å². The summed E-state index contributed by atoms with van der Waals surface area (Å²) in [6.07, 6.45) is 2.85. The number of amides is 1. The molecule has 0 aliphatic carbocycles. The zero-order valence-electron chi connectivity index (χ0n) is 22.7. The van der Waals surface area contributed by atoms with Crippen molar-refractivity contribution in [3.8, 4) is 28.3 Å². The number of ether oxygens (including phenoxy) is 1. The Morgan fingerprint density at radius 3 is 2.36 bits per heavy atom. The predicted molar refractivity (Wildman–Crippen MR) is 151 cm³/mol. The summed E-state index contributed by atoms with van der Waals surface area (Å²) in [5.74, 6) is 0.820. The van der Waals surface area contributed by atoms with Gasteiger partial charge in [-0.1, -0.05) is 29.4 Å². The Hall–Kier alpha value is -4.02. The minimum atomic E-state index is -3.57. The standard InChI is InChI=1S/C29H32N4O5S/c1-19-17-23(27-31-29(38-32-27)39(5,35)36)12-14-25(19)20-8-10-21(11-9-20)28(34)30-24-13-15-26(37-4)22(18-24)7-6-16-33(2)3/h8-15,17-18H,6-7,16H2,1-5H3,(H,30,34). The summed E-state index contributed by atoms with van der Waals surface area (Å²) in [6, 6.07) is 18.6. The quantitative estimate of drug-likeness (QED) is 0.299. The van der Waals surface area contributed by atoms with Crippen LogP contribution in [0.1, 0.15) is 27.9 Å². The predicted octanol–water partition coefficient (Wildman–Crippen LogP) is 4.87. The molecule has 0 spiro atoms. The topological polar surface area (TPSA) is 115 Å². The number of carbonyl (C=O) groups is 1. The molecule has 0 aliphatic rings. The molecule has 204 valence electrons. The number of benzene rings is 3. The number of nitrogens with zero attached hydrogens (tertiary/aromatic N) is 3. The molecule has 0 unspecified atom stereocenters. The average Bonchev–Trinajstić information content (AvgIpc) is 3.40. The van der Waals surface area contributed by atoms with E-state index in [9.17, 15) is 13.2 Å². The molecule has 0 saturated carbocycles. The molecular weight excluding hydrogens is 516 g/mol. The molecular formula is C29H32N4O5S. The van der Waals surface area contributed by atoms with Crippen molar-refractivity contribution in [3.05, 3.63) is 77.4 Å². The van der Waals surface area contributed by atoms with Crippen LogP contribution in [0.3, 0.4) is 0 Å². The van der Waals surface area contributed by atoms with Gasteiger partial charge >= 0.3 is 5.22 Å². The van der Waals surface area contributed by atoms with Crippen LogP contribution in [0.5, 0.6) is 5.75 Å². The molecule has 9 nitrogen and oxygen atoms in total.